The molecule has 0 bridgehead atoms. The lowest BCUT2D eigenvalue weighted by molar-refractivity contribution is 0.326. The van der Waals surface area contributed by atoms with Crippen LogP contribution in [0.5, 0.6) is 11.5 Å². The molecule has 0 atom stereocenters. The van der Waals surface area contributed by atoms with E-state index in [-0.39, 0.29) is 0 Å². The van der Waals surface area contributed by atoms with Crippen molar-refractivity contribution in [2.75, 3.05) is 13.7 Å². The molecule has 0 unspecified atom stereocenters. The molecule has 0 N–H and O–H groups in total. The van der Waals surface area contributed by atoms with Gasteiger partial charge in [-0.1, -0.05) is 41.9 Å². The zero-order valence-electron chi connectivity index (χ0n) is 13.0. The highest BCUT2D eigenvalue weighted by molar-refractivity contribution is 6.32. The average molecular weight is 350 g/mol. The van der Waals surface area contributed by atoms with Crippen molar-refractivity contribution in [1.82, 2.24) is 0 Å². The summed E-state index contributed by atoms with van der Waals surface area (Å²) in [7, 11) is 1.56. The molecule has 2 aromatic rings. The number of methoxy groups -OCH3 is 1. The third-order valence-electron chi connectivity index (χ3n) is 3.12. The van der Waals surface area contributed by atoms with E-state index in [1.165, 1.54) is 0 Å². The van der Waals surface area contributed by atoms with Crippen LogP contribution >= 0.6 is 23.2 Å². The van der Waals surface area contributed by atoms with Crippen molar-refractivity contribution >= 4 is 35.1 Å². The highest BCUT2D eigenvalue weighted by Gasteiger charge is 2.11. The second-order valence-corrected chi connectivity index (χ2v) is 5.64. The lowest BCUT2D eigenvalue weighted by Crippen LogP contribution is -1.98. The first kappa shape index (κ1) is 17.4. The first-order chi connectivity index (χ1) is 11.0. The van der Waals surface area contributed by atoms with Gasteiger partial charge in [-0.05, 0) is 42.3 Å². The zero-order valence-corrected chi connectivity index (χ0v) is 14.5. The predicted molar refractivity (Wildman–Crippen MR) is 97.1 cm³/mol. The number of nitrogens with zero attached hydrogens (tertiary/aromatic N) is 1. The van der Waals surface area contributed by atoms with Crippen LogP contribution in [0.25, 0.3) is 0 Å². The van der Waals surface area contributed by atoms with Crippen LogP contribution < -0.4 is 9.47 Å². The Kier molecular flexibility index (Phi) is 6.08. The maximum Gasteiger partial charge on any atom is 0.180 e. The minimum absolute atomic E-state index is 0.353. The van der Waals surface area contributed by atoms with Crippen LogP contribution in [0.3, 0.4) is 0 Å². The molecule has 0 fully saturated rings. The van der Waals surface area contributed by atoms with Gasteiger partial charge in [0.25, 0.3) is 0 Å². The summed E-state index contributed by atoms with van der Waals surface area (Å²) in [5, 5.41) is 1.14. The van der Waals surface area contributed by atoms with Gasteiger partial charge in [-0.15, -0.1) is 0 Å². The molecule has 120 valence electrons. The third-order valence-corrected chi connectivity index (χ3v) is 3.80. The molecule has 0 saturated heterocycles. The Morgan fingerprint density at radius 3 is 2.61 bits per heavy atom. The van der Waals surface area contributed by atoms with E-state index in [0.717, 1.165) is 16.8 Å². The minimum atomic E-state index is 0.353. The molecule has 2 aromatic carbocycles. The Labute approximate surface area is 146 Å². The number of ether oxygens (including phenoxy) is 2. The van der Waals surface area contributed by atoms with Crippen LogP contribution in [0, 0.1) is 6.92 Å². The molecule has 0 saturated carbocycles. The summed E-state index contributed by atoms with van der Waals surface area (Å²) >= 11 is 12.4. The van der Waals surface area contributed by atoms with E-state index in [1.54, 1.807) is 25.5 Å². The average Bonchev–Trinajstić information content (AvgIpc) is 2.54. The molecular formula is C18H17Cl2NO2. The molecule has 0 aliphatic rings. The van der Waals surface area contributed by atoms with E-state index >= 15 is 0 Å². The van der Waals surface area contributed by atoms with Crippen molar-refractivity contribution in [3.63, 3.8) is 0 Å². The third kappa shape index (κ3) is 4.50. The molecule has 0 amide bonds. The molecule has 3 nitrogen and oxygen atoms in total. The lowest BCUT2D eigenvalue weighted by atomic mass is 10.2. The molecule has 0 heterocycles. The number of rotatable bonds is 6. The van der Waals surface area contributed by atoms with Gasteiger partial charge in [-0.2, -0.15) is 0 Å². The summed E-state index contributed by atoms with van der Waals surface area (Å²) in [5.41, 5.74) is 2.58. The highest BCUT2D eigenvalue weighted by atomic mass is 35.5. The summed E-state index contributed by atoms with van der Waals surface area (Å²) in [6, 6.07) is 9.21. The van der Waals surface area contributed by atoms with Crippen LogP contribution in [0.2, 0.25) is 10.0 Å². The SMILES string of the molecule is C=CCOc1c(Cl)cc(C=Nc2ccc(C)c(Cl)c2)cc1OC. The van der Waals surface area contributed by atoms with Gasteiger partial charge in [-0.25, -0.2) is 0 Å². The van der Waals surface area contributed by atoms with Gasteiger partial charge in [0.1, 0.15) is 6.61 Å². The fraction of sp³-hybridized carbons (Fsp3) is 0.167. The first-order valence-corrected chi connectivity index (χ1v) is 7.72. The van der Waals surface area contributed by atoms with E-state index in [4.69, 9.17) is 32.7 Å². The van der Waals surface area contributed by atoms with Gasteiger partial charge in [-0.3, -0.25) is 4.99 Å². The number of hydrogen-bond donors (Lipinski definition) is 0. The van der Waals surface area contributed by atoms with Gasteiger partial charge in [0.2, 0.25) is 0 Å². The molecule has 5 heteroatoms. The molecule has 0 aliphatic carbocycles. The molecule has 0 aromatic heterocycles. The Morgan fingerprint density at radius 1 is 1.17 bits per heavy atom. The zero-order chi connectivity index (χ0) is 16.8. The van der Waals surface area contributed by atoms with Gasteiger partial charge in [0, 0.05) is 11.2 Å². The molecular weight excluding hydrogens is 333 g/mol. The van der Waals surface area contributed by atoms with Gasteiger partial charge in [0.15, 0.2) is 11.5 Å². The fourth-order valence-electron chi connectivity index (χ4n) is 1.91. The van der Waals surface area contributed by atoms with Crippen molar-refractivity contribution in [3.8, 4) is 11.5 Å². The summed E-state index contributed by atoms with van der Waals surface area (Å²) in [6.45, 7) is 5.91. The summed E-state index contributed by atoms with van der Waals surface area (Å²) in [6.07, 6.45) is 3.35. The summed E-state index contributed by atoms with van der Waals surface area (Å²) < 4.78 is 10.8. The fourth-order valence-corrected chi connectivity index (χ4v) is 2.36. The predicted octanol–water partition coefficient (Wildman–Crippen LogP) is 5.63. The number of hydrogen-bond acceptors (Lipinski definition) is 3. The molecule has 23 heavy (non-hydrogen) atoms. The van der Waals surface area contributed by atoms with Gasteiger partial charge < -0.3 is 9.47 Å². The van der Waals surface area contributed by atoms with Crippen LogP contribution in [-0.4, -0.2) is 19.9 Å². The number of aryl methyl sites for hydroxylation is 1. The van der Waals surface area contributed by atoms with Crippen molar-refractivity contribution in [2.24, 2.45) is 4.99 Å². The van der Waals surface area contributed by atoms with Crippen molar-refractivity contribution < 1.29 is 9.47 Å². The topological polar surface area (TPSA) is 30.8 Å². The number of halogens is 2. The Morgan fingerprint density at radius 2 is 1.96 bits per heavy atom. The molecule has 2 rings (SSSR count). The minimum Gasteiger partial charge on any atom is -0.493 e. The van der Waals surface area contributed by atoms with Crippen LogP contribution in [0.4, 0.5) is 5.69 Å². The van der Waals surface area contributed by atoms with Crippen molar-refractivity contribution in [2.45, 2.75) is 6.92 Å². The van der Waals surface area contributed by atoms with Crippen LogP contribution in [0.15, 0.2) is 48.0 Å². The Balaban J connectivity index is 2.29. The second-order valence-electron chi connectivity index (χ2n) is 4.83. The standard InChI is InChI=1S/C18H17Cl2NO2/c1-4-7-23-18-16(20)8-13(9-17(18)22-3)11-21-14-6-5-12(2)15(19)10-14/h4-6,8-11H,1,7H2,2-3H3. The lowest BCUT2D eigenvalue weighted by Gasteiger charge is -2.11. The number of aliphatic imine (C=N–C) groups is 1. The Hall–Kier alpha value is -1.97. The quantitative estimate of drug-likeness (QED) is 0.500. The van der Waals surface area contributed by atoms with E-state index in [1.807, 2.05) is 31.2 Å². The maximum atomic E-state index is 6.25. The van der Waals surface area contributed by atoms with Crippen LogP contribution in [0.1, 0.15) is 11.1 Å². The van der Waals surface area contributed by atoms with E-state index in [2.05, 4.69) is 11.6 Å². The highest BCUT2D eigenvalue weighted by Crippen LogP contribution is 2.36. The summed E-state index contributed by atoms with van der Waals surface area (Å²) in [5.74, 6) is 1.03. The van der Waals surface area contributed by atoms with Crippen molar-refractivity contribution in [3.05, 3.63) is 64.2 Å². The molecule has 0 aliphatic heterocycles. The van der Waals surface area contributed by atoms with E-state index in [0.29, 0.717) is 28.2 Å². The second kappa shape index (κ2) is 8.04. The van der Waals surface area contributed by atoms with Crippen LogP contribution in [-0.2, 0) is 0 Å². The number of benzene rings is 2. The molecule has 0 radical (unpaired) electrons. The smallest absolute Gasteiger partial charge is 0.180 e. The van der Waals surface area contributed by atoms with Gasteiger partial charge >= 0.3 is 0 Å². The van der Waals surface area contributed by atoms with E-state index < -0.39 is 0 Å². The summed E-state index contributed by atoms with van der Waals surface area (Å²) in [4.78, 5) is 4.41. The van der Waals surface area contributed by atoms with Gasteiger partial charge in [0.05, 0.1) is 17.8 Å². The normalized spacial score (nSPS) is 10.8. The largest absolute Gasteiger partial charge is 0.493 e. The Bertz CT molecular complexity index is 742. The molecule has 0 spiro atoms. The van der Waals surface area contributed by atoms with E-state index in [9.17, 15) is 0 Å². The monoisotopic (exact) mass is 349 g/mol. The van der Waals surface area contributed by atoms with Crippen molar-refractivity contribution in [1.29, 1.82) is 0 Å². The maximum absolute atomic E-state index is 6.25. The first-order valence-electron chi connectivity index (χ1n) is 6.96.